The van der Waals surface area contributed by atoms with Crippen LogP contribution in [0.3, 0.4) is 0 Å². The lowest BCUT2D eigenvalue weighted by Gasteiger charge is -2.17. The molecule has 108 valence electrons. The first-order valence-electron chi connectivity index (χ1n) is 6.78. The van der Waals surface area contributed by atoms with E-state index in [1.807, 2.05) is 42.3 Å². The number of hydrogen-bond acceptors (Lipinski definition) is 4. The van der Waals surface area contributed by atoms with E-state index < -0.39 is 0 Å². The van der Waals surface area contributed by atoms with Gasteiger partial charge in [-0.15, -0.1) is 0 Å². The molecule has 0 spiro atoms. The molecule has 1 atom stereocenters. The van der Waals surface area contributed by atoms with E-state index in [2.05, 4.69) is 16.6 Å². The quantitative estimate of drug-likeness (QED) is 0.592. The van der Waals surface area contributed by atoms with Gasteiger partial charge in [0.15, 0.2) is 0 Å². The van der Waals surface area contributed by atoms with Crippen LogP contribution in [0.2, 0.25) is 0 Å². The van der Waals surface area contributed by atoms with Crippen LogP contribution in [0.5, 0.6) is 5.75 Å². The summed E-state index contributed by atoms with van der Waals surface area (Å²) in [5, 5.41) is 4.18. The molecule has 1 unspecified atom stereocenters. The fraction of sp³-hybridized carbons (Fsp3) is 0.400. The van der Waals surface area contributed by atoms with Crippen molar-refractivity contribution in [3.63, 3.8) is 0 Å². The minimum Gasteiger partial charge on any atom is -0.496 e. The van der Waals surface area contributed by atoms with Crippen LogP contribution in [0, 0.1) is 0 Å². The molecular weight excluding hydrogens is 252 g/mol. The summed E-state index contributed by atoms with van der Waals surface area (Å²) >= 11 is 0. The summed E-state index contributed by atoms with van der Waals surface area (Å²) in [5.74, 6) is 6.58. The predicted molar refractivity (Wildman–Crippen MR) is 79.3 cm³/mol. The van der Waals surface area contributed by atoms with Gasteiger partial charge in [0, 0.05) is 19.3 Å². The van der Waals surface area contributed by atoms with Crippen LogP contribution in [0.15, 0.2) is 36.7 Å². The third-order valence-corrected chi connectivity index (χ3v) is 3.43. The molecule has 0 saturated heterocycles. The van der Waals surface area contributed by atoms with Gasteiger partial charge in [0.2, 0.25) is 0 Å². The maximum atomic E-state index is 5.67. The van der Waals surface area contributed by atoms with Crippen LogP contribution < -0.4 is 16.0 Å². The van der Waals surface area contributed by atoms with Crippen molar-refractivity contribution in [3.8, 4) is 5.75 Å². The van der Waals surface area contributed by atoms with E-state index in [1.165, 1.54) is 11.1 Å². The van der Waals surface area contributed by atoms with Crippen molar-refractivity contribution < 1.29 is 4.74 Å². The minimum absolute atomic E-state index is 0.214. The number of methoxy groups -OCH3 is 1. The van der Waals surface area contributed by atoms with Gasteiger partial charge in [-0.3, -0.25) is 16.0 Å². The highest BCUT2D eigenvalue weighted by molar-refractivity contribution is 5.33. The van der Waals surface area contributed by atoms with Gasteiger partial charge in [0.05, 0.1) is 13.3 Å². The van der Waals surface area contributed by atoms with E-state index in [4.69, 9.17) is 10.6 Å². The number of nitrogens with zero attached hydrogens (tertiary/aromatic N) is 2. The molecule has 0 amide bonds. The lowest BCUT2D eigenvalue weighted by Crippen LogP contribution is -2.37. The summed E-state index contributed by atoms with van der Waals surface area (Å²) in [6.07, 6.45) is 6.70. The van der Waals surface area contributed by atoms with Crippen LogP contribution in [-0.4, -0.2) is 22.9 Å². The van der Waals surface area contributed by atoms with Gasteiger partial charge in [-0.1, -0.05) is 18.2 Å². The van der Waals surface area contributed by atoms with Crippen molar-refractivity contribution in [2.45, 2.75) is 25.3 Å². The average molecular weight is 274 g/mol. The Morgan fingerprint density at radius 3 is 2.85 bits per heavy atom. The normalized spacial score (nSPS) is 12.3. The van der Waals surface area contributed by atoms with E-state index in [1.54, 1.807) is 7.11 Å². The number of benzene rings is 1. The molecule has 2 rings (SSSR count). The van der Waals surface area contributed by atoms with Gasteiger partial charge in [-0.2, -0.15) is 5.10 Å². The molecule has 1 heterocycles. The molecule has 5 nitrogen and oxygen atoms in total. The number of rotatable bonds is 7. The maximum absolute atomic E-state index is 5.67. The van der Waals surface area contributed by atoms with Crippen molar-refractivity contribution in [2.24, 2.45) is 12.9 Å². The van der Waals surface area contributed by atoms with Gasteiger partial charge in [-0.05, 0) is 36.5 Å². The summed E-state index contributed by atoms with van der Waals surface area (Å²) in [7, 11) is 3.62. The SMILES string of the molecule is COc1ccccc1CC(CCc1cnn(C)c1)NN. The van der Waals surface area contributed by atoms with Crippen LogP contribution >= 0.6 is 0 Å². The van der Waals surface area contributed by atoms with Gasteiger partial charge in [-0.25, -0.2) is 0 Å². The molecule has 5 heteroatoms. The number of nitrogens with two attached hydrogens (primary N) is 1. The molecular formula is C15H22N4O. The van der Waals surface area contributed by atoms with E-state index >= 15 is 0 Å². The predicted octanol–water partition coefficient (Wildman–Crippen LogP) is 1.44. The van der Waals surface area contributed by atoms with Crippen LogP contribution in [0.4, 0.5) is 0 Å². The molecule has 0 saturated carbocycles. The second-order valence-electron chi connectivity index (χ2n) is 4.94. The Labute approximate surface area is 119 Å². The van der Waals surface area contributed by atoms with Crippen LogP contribution in [0.25, 0.3) is 0 Å². The van der Waals surface area contributed by atoms with Crippen LogP contribution in [-0.2, 0) is 19.9 Å². The second kappa shape index (κ2) is 7.07. The van der Waals surface area contributed by atoms with E-state index in [9.17, 15) is 0 Å². The number of hydrazine groups is 1. The smallest absolute Gasteiger partial charge is 0.122 e. The van der Waals surface area contributed by atoms with Crippen molar-refractivity contribution in [2.75, 3.05) is 7.11 Å². The molecule has 2 aromatic rings. The Bertz CT molecular complexity index is 538. The fourth-order valence-corrected chi connectivity index (χ4v) is 2.32. The third kappa shape index (κ3) is 3.82. The molecule has 1 aromatic heterocycles. The number of ether oxygens (including phenoxy) is 1. The monoisotopic (exact) mass is 274 g/mol. The van der Waals surface area contributed by atoms with Gasteiger partial charge >= 0.3 is 0 Å². The summed E-state index contributed by atoms with van der Waals surface area (Å²) in [6, 6.07) is 8.26. The number of aryl methyl sites for hydroxylation is 2. The fourth-order valence-electron chi connectivity index (χ4n) is 2.32. The first kappa shape index (κ1) is 14.6. The summed E-state index contributed by atoms with van der Waals surface area (Å²) in [5.41, 5.74) is 5.30. The molecule has 3 N–H and O–H groups in total. The van der Waals surface area contributed by atoms with Crippen molar-refractivity contribution >= 4 is 0 Å². The van der Waals surface area contributed by atoms with Gasteiger partial charge < -0.3 is 4.74 Å². The zero-order valence-electron chi connectivity index (χ0n) is 12.0. The minimum atomic E-state index is 0.214. The standard InChI is InChI=1S/C15H22N4O/c1-19-11-12(10-17-19)7-8-14(18-16)9-13-5-3-4-6-15(13)20-2/h3-6,10-11,14,18H,7-9,16H2,1-2H3. The first-order valence-corrected chi connectivity index (χ1v) is 6.78. The topological polar surface area (TPSA) is 65.1 Å². The molecule has 0 bridgehead atoms. The molecule has 20 heavy (non-hydrogen) atoms. The van der Waals surface area contributed by atoms with Gasteiger partial charge in [0.25, 0.3) is 0 Å². The van der Waals surface area contributed by atoms with Crippen molar-refractivity contribution in [3.05, 3.63) is 47.8 Å². The Morgan fingerprint density at radius 2 is 2.20 bits per heavy atom. The molecule has 0 radical (unpaired) electrons. The maximum Gasteiger partial charge on any atom is 0.122 e. The third-order valence-electron chi connectivity index (χ3n) is 3.43. The largest absolute Gasteiger partial charge is 0.496 e. The molecule has 0 aliphatic carbocycles. The van der Waals surface area contributed by atoms with Crippen molar-refractivity contribution in [1.82, 2.24) is 15.2 Å². The highest BCUT2D eigenvalue weighted by Crippen LogP contribution is 2.20. The number of para-hydroxylation sites is 1. The number of aromatic nitrogens is 2. The highest BCUT2D eigenvalue weighted by atomic mass is 16.5. The van der Waals surface area contributed by atoms with Crippen LogP contribution in [0.1, 0.15) is 17.5 Å². The summed E-state index contributed by atoms with van der Waals surface area (Å²) in [4.78, 5) is 0. The average Bonchev–Trinajstić information content (AvgIpc) is 2.89. The Kier molecular flexibility index (Phi) is 5.15. The van der Waals surface area contributed by atoms with E-state index in [0.29, 0.717) is 0 Å². The lowest BCUT2D eigenvalue weighted by molar-refractivity contribution is 0.403. The number of nitrogens with one attached hydrogen (secondary N) is 1. The number of hydrogen-bond donors (Lipinski definition) is 2. The zero-order valence-corrected chi connectivity index (χ0v) is 12.0. The highest BCUT2D eigenvalue weighted by Gasteiger charge is 2.11. The lowest BCUT2D eigenvalue weighted by atomic mass is 10.00. The zero-order chi connectivity index (χ0) is 14.4. The summed E-state index contributed by atoms with van der Waals surface area (Å²) < 4.78 is 7.19. The summed E-state index contributed by atoms with van der Waals surface area (Å²) in [6.45, 7) is 0. The van der Waals surface area contributed by atoms with E-state index in [0.717, 1.165) is 25.0 Å². The molecule has 0 aliphatic heterocycles. The Hall–Kier alpha value is -1.85. The first-order chi connectivity index (χ1) is 9.72. The second-order valence-corrected chi connectivity index (χ2v) is 4.94. The Morgan fingerprint density at radius 1 is 1.40 bits per heavy atom. The molecule has 0 aliphatic rings. The Balaban J connectivity index is 1.94. The van der Waals surface area contributed by atoms with Gasteiger partial charge in [0.1, 0.15) is 5.75 Å². The molecule has 0 fully saturated rings. The molecule has 1 aromatic carbocycles. The van der Waals surface area contributed by atoms with Crippen molar-refractivity contribution in [1.29, 1.82) is 0 Å². The van der Waals surface area contributed by atoms with E-state index in [-0.39, 0.29) is 6.04 Å².